The summed E-state index contributed by atoms with van der Waals surface area (Å²) in [6.07, 6.45) is 0. The van der Waals surface area contributed by atoms with Crippen LogP contribution in [-0.4, -0.2) is 23.3 Å². The molecule has 0 atom stereocenters. The standard InChI is InChI=1S/C15H15N3O4/c1-8-5-11(16)14(22-2)7-12(8)18-17-9-3-4-13(19)10(6-9)15(20)21/h3-7,19H,16H2,1-2H3,(H,20,21)/b18-17+. The zero-order valence-electron chi connectivity index (χ0n) is 12.1. The van der Waals surface area contributed by atoms with Gasteiger partial charge in [0, 0.05) is 6.07 Å². The first-order valence-corrected chi connectivity index (χ1v) is 6.34. The Morgan fingerprint density at radius 1 is 1.23 bits per heavy atom. The number of carboxylic acid groups (broad SMARTS) is 1. The summed E-state index contributed by atoms with van der Waals surface area (Å²) in [5.74, 6) is -1.08. The number of methoxy groups -OCH3 is 1. The molecule has 7 nitrogen and oxygen atoms in total. The van der Waals surface area contributed by atoms with Crippen LogP contribution in [0.3, 0.4) is 0 Å². The lowest BCUT2D eigenvalue weighted by Crippen LogP contribution is -1.95. The van der Waals surface area contributed by atoms with Crippen molar-refractivity contribution in [2.24, 2.45) is 10.2 Å². The van der Waals surface area contributed by atoms with Gasteiger partial charge in [0.25, 0.3) is 0 Å². The van der Waals surface area contributed by atoms with Crippen LogP contribution < -0.4 is 10.5 Å². The number of aromatic carboxylic acids is 1. The largest absolute Gasteiger partial charge is 0.507 e. The average Bonchev–Trinajstić information content (AvgIpc) is 2.47. The number of aryl methyl sites for hydroxylation is 1. The number of nitrogens with zero attached hydrogens (tertiary/aromatic N) is 2. The predicted octanol–water partition coefficient (Wildman–Crippen LogP) is 3.41. The van der Waals surface area contributed by atoms with E-state index in [9.17, 15) is 9.90 Å². The summed E-state index contributed by atoms with van der Waals surface area (Å²) in [5, 5.41) is 26.5. The van der Waals surface area contributed by atoms with Crippen LogP contribution in [-0.2, 0) is 0 Å². The van der Waals surface area contributed by atoms with Crippen LogP contribution in [0.5, 0.6) is 11.5 Å². The third-order valence-electron chi connectivity index (χ3n) is 3.03. The van der Waals surface area contributed by atoms with Gasteiger partial charge in [-0.1, -0.05) is 0 Å². The molecule has 7 heteroatoms. The first-order chi connectivity index (χ1) is 10.4. The second-order valence-corrected chi connectivity index (χ2v) is 4.59. The van der Waals surface area contributed by atoms with E-state index in [2.05, 4.69) is 10.2 Å². The molecule has 0 spiro atoms. The lowest BCUT2D eigenvalue weighted by molar-refractivity contribution is 0.0694. The number of hydrogen-bond acceptors (Lipinski definition) is 6. The van der Waals surface area contributed by atoms with Gasteiger partial charge in [-0.15, -0.1) is 0 Å². The van der Waals surface area contributed by atoms with Crippen LogP contribution in [0.4, 0.5) is 17.1 Å². The van der Waals surface area contributed by atoms with Crippen LogP contribution in [0.1, 0.15) is 15.9 Å². The molecule has 114 valence electrons. The van der Waals surface area contributed by atoms with Gasteiger partial charge in [-0.25, -0.2) is 4.79 Å². The number of hydrogen-bond donors (Lipinski definition) is 3. The van der Waals surface area contributed by atoms with E-state index in [1.807, 2.05) is 6.92 Å². The normalized spacial score (nSPS) is 10.8. The van der Waals surface area contributed by atoms with Crippen LogP contribution in [0.15, 0.2) is 40.6 Å². The number of phenols is 1. The SMILES string of the molecule is COc1cc(/N=N/c2ccc(O)c(C(=O)O)c2)c(C)cc1N. The van der Waals surface area contributed by atoms with Gasteiger partial charge >= 0.3 is 5.97 Å². The molecular formula is C15H15N3O4. The first kappa shape index (κ1) is 15.3. The Labute approximate surface area is 126 Å². The van der Waals surface area contributed by atoms with Crippen LogP contribution in [0.25, 0.3) is 0 Å². The molecule has 2 aromatic carbocycles. The minimum Gasteiger partial charge on any atom is -0.507 e. The Balaban J connectivity index is 2.37. The number of aromatic hydroxyl groups is 1. The van der Waals surface area contributed by atoms with E-state index in [0.717, 1.165) is 5.56 Å². The molecule has 22 heavy (non-hydrogen) atoms. The summed E-state index contributed by atoms with van der Waals surface area (Å²) in [4.78, 5) is 11.0. The molecule has 4 N–H and O–H groups in total. The van der Waals surface area contributed by atoms with E-state index in [-0.39, 0.29) is 11.3 Å². The number of nitrogens with two attached hydrogens (primary N) is 1. The average molecular weight is 301 g/mol. The molecule has 0 aliphatic heterocycles. The number of rotatable bonds is 4. The third-order valence-corrected chi connectivity index (χ3v) is 3.03. The highest BCUT2D eigenvalue weighted by Crippen LogP contribution is 2.32. The Kier molecular flexibility index (Phi) is 4.26. The molecule has 0 aliphatic carbocycles. The number of ether oxygens (including phenoxy) is 1. The third kappa shape index (κ3) is 3.14. The van der Waals surface area contributed by atoms with Crippen molar-refractivity contribution in [2.75, 3.05) is 12.8 Å². The van der Waals surface area contributed by atoms with Crippen molar-refractivity contribution in [1.29, 1.82) is 0 Å². The number of azo groups is 1. The molecule has 0 bridgehead atoms. The summed E-state index contributed by atoms with van der Waals surface area (Å²) >= 11 is 0. The second kappa shape index (κ2) is 6.13. The van der Waals surface area contributed by atoms with Gasteiger partial charge in [0.2, 0.25) is 0 Å². The molecule has 2 aromatic rings. The Morgan fingerprint density at radius 2 is 1.95 bits per heavy atom. The van der Waals surface area contributed by atoms with Gasteiger partial charge in [0.15, 0.2) is 0 Å². The van der Waals surface area contributed by atoms with Gasteiger partial charge < -0.3 is 20.7 Å². The Morgan fingerprint density at radius 3 is 2.59 bits per heavy atom. The van der Waals surface area contributed by atoms with Crippen molar-refractivity contribution >= 4 is 23.0 Å². The fourth-order valence-electron chi connectivity index (χ4n) is 1.85. The van der Waals surface area contributed by atoms with Crippen molar-refractivity contribution in [3.63, 3.8) is 0 Å². The molecule has 0 radical (unpaired) electrons. The van der Waals surface area contributed by atoms with Crippen molar-refractivity contribution in [1.82, 2.24) is 0 Å². The predicted molar refractivity (Wildman–Crippen MR) is 81.4 cm³/mol. The molecule has 0 fully saturated rings. The molecule has 0 saturated heterocycles. The van der Waals surface area contributed by atoms with E-state index in [4.69, 9.17) is 15.6 Å². The molecule has 2 rings (SSSR count). The molecule has 0 heterocycles. The van der Waals surface area contributed by atoms with E-state index in [1.54, 1.807) is 12.1 Å². The second-order valence-electron chi connectivity index (χ2n) is 4.59. The van der Waals surface area contributed by atoms with E-state index >= 15 is 0 Å². The highest BCUT2D eigenvalue weighted by Gasteiger charge is 2.10. The lowest BCUT2D eigenvalue weighted by Gasteiger charge is -2.07. The maximum atomic E-state index is 11.0. The lowest BCUT2D eigenvalue weighted by atomic mass is 10.1. The molecular weight excluding hydrogens is 286 g/mol. The summed E-state index contributed by atoms with van der Waals surface area (Å²) in [7, 11) is 1.50. The van der Waals surface area contributed by atoms with Crippen molar-refractivity contribution in [3.05, 3.63) is 41.5 Å². The van der Waals surface area contributed by atoms with Gasteiger partial charge in [0.05, 0.1) is 24.2 Å². The van der Waals surface area contributed by atoms with Gasteiger partial charge in [-0.05, 0) is 36.8 Å². The maximum absolute atomic E-state index is 11.0. The topological polar surface area (TPSA) is 118 Å². The van der Waals surface area contributed by atoms with Gasteiger partial charge in [-0.3, -0.25) is 0 Å². The zero-order chi connectivity index (χ0) is 16.3. The van der Waals surface area contributed by atoms with Crippen molar-refractivity contribution in [3.8, 4) is 11.5 Å². The zero-order valence-corrected chi connectivity index (χ0v) is 12.1. The smallest absolute Gasteiger partial charge is 0.339 e. The Hall–Kier alpha value is -3.09. The van der Waals surface area contributed by atoms with Crippen LogP contribution >= 0.6 is 0 Å². The van der Waals surface area contributed by atoms with Crippen molar-refractivity contribution in [2.45, 2.75) is 6.92 Å². The summed E-state index contributed by atoms with van der Waals surface area (Å²) in [5.41, 5.74) is 7.72. The van der Waals surface area contributed by atoms with E-state index < -0.39 is 5.97 Å². The summed E-state index contributed by atoms with van der Waals surface area (Å²) in [6, 6.07) is 7.33. The molecule has 0 unspecified atom stereocenters. The molecule has 0 aliphatic rings. The highest BCUT2D eigenvalue weighted by molar-refractivity contribution is 5.91. The fraction of sp³-hybridized carbons (Fsp3) is 0.133. The minimum atomic E-state index is -1.24. The van der Waals surface area contributed by atoms with E-state index in [1.165, 1.54) is 25.3 Å². The maximum Gasteiger partial charge on any atom is 0.339 e. The summed E-state index contributed by atoms with van der Waals surface area (Å²) < 4.78 is 5.12. The monoisotopic (exact) mass is 301 g/mol. The number of carbonyl (C=O) groups is 1. The van der Waals surface area contributed by atoms with Crippen LogP contribution in [0, 0.1) is 6.92 Å². The van der Waals surface area contributed by atoms with E-state index in [0.29, 0.717) is 22.8 Å². The van der Waals surface area contributed by atoms with Gasteiger partial charge in [0.1, 0.15) is 17.1 Å². The number of benzene rings is 2. The number of nitrogen functional groups attached to an aromatic ring is 1. The minimum absolute atomic E-state index is 0.233. The fourth-order valence-corrected chi connectivity index (χ4v) is 1.85. The first-order valence-electron chi connectivity index (χ1n) is 6.34. The molecule has 0 saturated carbocycles. The molecule has 0 aromatic heterocycles. The highest BCUT2D eigenvalue weighted by atomic mass is 16.5. The molecule has 0 amide bonds. The number of anilines is 1. The van der Waals surface area contributed by atoms with Crippen LogP contribution in [0.2, 0.25) is 0 Å². The summed E-state index contributed by atoms with van der Waals surface area (Å²) in [6.45, 7) is 1.82. The quantitative estimate of drug-likeness (QED) is 0.591. The van der Waals surface area contributed by atoms with Gasteiger partial charge in [-0.2, -0.15) is 10.2 Å². The Bertz CT molecular complexity index is 757. The van der Waals surface area contributed by atoms with Crippen molar-refractivity contribution < 1.29 is 19.7 Å². The number of carboxylic acids is 1.